The van der Waals surface area contributed by atoms with Gasteiger partial charge in [0.05, 0.1) is 6.21 Å². The molecule has 0 aromatic heterocycles. The number of amides is 2. The van der Waals surface area contributed by atoms with Crippen LogP contribution in [0.25, 0.3) is 0 Å². The molecule has 0 bridgehead atoms. The highest BCUT2D eigenvalue weighted by atomic mass is 16.2. The van der Waals surface area contributed by atoms with Crippen LogP contribution in [0.3, 0.4) is 0 Å². The zero-order valence-corrected chi connectivity index (χ0v) is 10.8. The number of hydrogen-bond acceptors (Lipinski definition) is 3. The Morgan fingerprint density at radius 2 is 2.16 bits per heavy atom. The van der Waals surface area contributed by atoms with Gasteiger partial charge in [0.1, 0.15) is 6.42 Å². The first-order chi connectivity index (χ1) is 9.11. The van der Waals surface area contributed by atoms with Gasteiger partial charge in [-0.15, -0.1) is 6.58 Å². The second kappa shape index (κ2) is 7.81. The van der Waals surface area contributed by atoms with Crippen LogP contribution in [0.1, 0.15) is 17.5 Å². The minimum Gasteiger partial charge on any atom is -0.352 e. The van der Waals surface area contributed by atoms with Crippen LogP contribution in [-0.4, -0.2) is 24.6 Å². The number of benzene rings is 1. The van der Waals surface area contributed by atoms with E-state index in [0.29, 0.717) is 6.54 Å². The standard InChI is InChI=1S/C14H17N3O2/c1-3-7-15-13(18)9-14(19)17-16-10-12-6-4-5-11(2)8-12/h3-6,8,10H,1,7,9H2,2H3,(H,15,18)(H,17,19). The molecule has 0 fully saturated rings. The third-order valence-electron chi connectivity index (χ3n) is 2.21. The monoisotopic (exact) mass is 259 g/mol. The van der Waals surface area contributed by atoms with Crippen LogP contribution in [0.15, 0.2) is 42.0 Å². The Morgan fingerprint density at radius 3 is 2.84 bits per heavy atom. The molecule has 0 spiro atoms. The summed E-state index contributed by atoms with van der Waals surface area (Å²) in [5, 5.41) is 6.30. The highest BCUT2D eigenvalue weighted by molar-refractivity contribution is 5.97. The lowest BCUT2D eigenvalue weighted by atomic mass is 10.2. The van der Waals surface area contributed by atoms with Crippen molar-refractivity contribution in [3.63, 3.8) is 0 Å². The molecule has 0 saturated carbocycles. The summed E-state index contributed by atoms with van der Waals surface area (Å²) in [5.74, 6) is -0.811. The second-order valence-corrected chi connectivity index (χ2v) is 3.98. The highest BCUT2D eigenvalue weighted by Crippen LogP contribution is 2.00. The fraction of sp³-hybridized carbons (Fsp3) is 0.214. The molecule has 0 aliphatic carbocycles. The van der Waals surface area contributed by atoms with Crippen molar-refractivity contribution in [2.45, 2.75) is 13.3 Å². The smallest absolute Gasteiger partial charge is 0.249 e. The molecule has 0 aliphatic heterocycles. The Kier molecular flexibility index (Phi) is 6.02. The third-order valence-corrected chi connectivity index (χ3v) is 2.21. The third kappa shape index (κ3) is 6.16. The van der Waals surface area contributed by atoms with Crippen molar-refractivity contribution < 1.29 is 9.59 Å². The average molecular weight is 259 g/mol. The van der Waals surface area contributed by atoms with E-state index in [1.54, 1.807) is 6.08 Å². The topological polar surface area (TPSA) is 70.6 Å². The molecule has 5 heteroatoms. The lowest BCUT2D eigenvalue weighted by molar-refractivity contribution is -0.129. The van der Waals surface area contributed by atoms with Gasteiger partial charge in [0.25, 0.3) is 0 Å². The quantitative estimate of drug-likeness (QED) is 0.348. The molecule has 0 saturated heterocycles. The normalized spacial score (nSPS) is 10.2. The molecule has 0 unspecified atom stereocenters. The van der Waals surface area contributed by atoms with E-state index in [0.717, 1.165) is 11.1 Å². The number of carbonyl (C=O) groups is 2. The van der Waals surface area contributed by atoms with Gasteiger partial charge in [-0.2, -0.15) is 5.10 Å². The summed E-state index contributed by atoms with van der Waals surface area (Å²) in [5.41, 5.74) is 4.30. The molecule has 100 valence electrons. The van der Waals surface area contributed by atoms with Gasteiger partial charge >= 0.3 is 0 Å². The average Bonchev–Trinajstić information content (AvgIpc) is 2.36. The van der Waals surface area contributed by atoms with E-state index in [9.17, 15) is 9.59 Å². The van der Waals surface area contributed by atoms with Crippen LogP contribution in [-0.2, 0) is 9.59 Å². The minimum atomic E-state index is -0.453. The van der Waals surface area contributed by atoms with Crippen LogP contribution in [0.4, 0.5) is 0 Å². The molecule has 1 aromatic carbocycles. The van der Waals surface area contributed by atoms with E-state index in [1.807, 2.05) is 31.2 Å². The van der Waals surface area contributed by atoms with E-state index >= 15 is 0 Å². The largest absolute Gasteiger partial charge is 0.352 e. The Hall–Kier alpha value is -2.43. The number of hydrazone groups is 1. The van der Waals surface area contributed by atoms with Crippen molar-refractivity contribution in [1.29, 1.82) is 0 Å². The Morgan fingerprint density at radius 1 is 1.37 bits per heavy atom. The first kappa shape index (κ1) is 14.6. The number of rotatable bonds is 6. The summed E-state index contributed by atoms with van der Waals surface area (Å²) in [7, 11) is 0. The van der Waals surface area contributed by atoms with Crippen LogP contribution in [0.5, 0.6) is 0 Å². The molecular formula is C14H17N3O2. The number of carbonyl (C=O) groups excluding carboxylic acids is 2. The molecule has 5 nitrogen and oxygen atoms in total. The van der Waals surface area contributed by atoms with Gasteiger partial charge in [-0.1, -0.05) is 35.9 Å². The number of nitrogens with zero attached hydrogens (tertiary/aromatic N) is 1. The fourth-order valence-corrected chi connectivity index (χ4v) is 1.36. The van der Waals surface area contributed by atoms with Gasteiger partial charge < -0.3 is 5.32 Å². The maximum atomic E-state index is 11.4. The summed E-state index contributed by atoms with van der Waals surface area (Å²) in [6.45, 7) is 5.78. The molecule has 0 radical (unpaired) electrons. The van der Waals surface area contributed by atoms with Crippen molar-refractivity contribution in [2.75, 3.05) is 6.54 Å². The number of aryl methyl sites for hydroxylation is 1. The maximum Gasteiger partial charge on any atom is 0.249 e. The van der Waals surface area contributed by atoms with E-state index in [-0.39, 0.29) is 12.3 Å². The first-order valence-electron chi connectivity index (χ1n) is 5.88. The number of hydrogen-bond donors (Lipinski definition) is 2. The molecule has 1 aromatic rings. The van der Waals surface area contributed by atoms with Crippen LogP contribution >= 0.6 is 0 Å². The summed E-state index contributed by atoms with van der Waals surface area (Å²) >= 11 is 0. The van der Waals surface area contributed by atoms with Gasteiger partial charge in [0.15, 0.2) is 0 Å². The Bertz CT molecular complexity index is 495. The van der Waals surface area contributed by atoms with Gasteiger partial charge in [-0.05, 0) is 12.5 Å². The second-order valence-electron chi connectivity index (χ2n) is 3.98. The Balaban J connectivity index is 2.37. The number of nitrogens with one attached hydrogen (secondary N) is 2. The van der Waals surface area contributed by atoms with Crippen LogP contribution < -0.4 is 10.7 Å². The van der Waals surface area contributed by atoms with E-state index in [2.05, 4.69) is 22.4 Å². The maximum absolute atomic E-state index is 11.4. The molecular weight excluding hydrogens is 242 g/mol. The van der Waals surface area contributed by atoms with Gasteiger partial charge in [-0.3, -0.25) is 9.59 Å². The highest BCUT2D eigenvalue weighted by Gasteiger charge is 2.06. The van der Waals surface area contributed by atoms with E-state index < -0.39 is 5.91 Å². The molecule has 0 atom stereocenters. The minimum absolute atomic E-state index is 0.251. The van der Waals surface area contributed by atoms with Crippen molar-refractivity contribution >= 4 is 18.0 Å². The van der Waals surface area contributed by atoms with E-state index in [4.69, 9.17) is 0 Å². The molecule has 0 heterocycles. The SMILES string of the molecule is C=CCNC(=O)CC(=O)NN=Cc1cccc(C)c1. The summed E-state index contributed by atoms with van der Waals surface area (Å²) in [6, 6.07) is 7.69. The molecule has 19 heavy (non-hydrogen) atoms. The first-order valence-corrected chi connectivity index (χ1v) is 5.88. The van der Waals surface area contributed by atoms with Gasteiger partial charge in [0.2, 0.25) is 11.8 Å². The predicted molar refractivity (Wildman–Crippen MR) is 74.7 cm³/mol. The van der Waals surface area contributed by atoms with E-state index in [1.165, 1.54) is 6.21 Å². The van der Waals surface area contributed by atoms with Gasteiger partial charge in [-0.25, -0.2) is 5.43 Å². The fourth-order valence-electron chi connectivity index (χ4n) is 1.36. The van der Waals surface area contributed by atoms with Gasteiger partial charge in [0, 0.05) is 6.54 Å². The summed E-state index contributed by atoms with van der Waals surface area (Å²) < 4.78 is 0. The van der Waals surface area contributed by atoms with Crippen molar-refractivity contribution in [3.05, 3.63) is 48.0 Å². The zero-order chi connectivity index (χ0) is 14.1. The van der Waals surface area contributed by atoms with Crippen LogP contribution in [0.2, 0.25) is 0 Å². The predicted octanol–water partition coefficient (Wildman–Crippen LogP) is 1.14. The molecule has 0 aliphatic rings. The Labute approximate surface area is 112 Å². The molecule has 2 amide bonds. The van der Waals surface area contributed by atoms with Crippen LogP contribution in [0, 0.1) is 6.92 Å². The van der Waals surface area contributed by atoms with Crippen molar-refractivity contribution in [1.82, 2.24) is 10.7 Å². The molecule has 2 N–H and O–H groups in total. The lowest BCUT2D eigenvalue weighted by Crippen LogP contribution is -2.29. The summed E-state index contributed by atoms with van der Waals surface area (Å²) in [6.07, 6.45) is 2.83. The lowest BCUT2D eigenvalue weighted by Gasteiger charge is -2.01. The summed E-state index contributed by atoms with van der Waals surface area (Å²) in [4.78, 5) is 22.6. The van der Waals surface area contributed by atoms with Crippen molar-refractivity contribution in [3.8, 4) is 0 Å². The molecule has 1 rings (SSSR count). The zero-order valence-electron chi connectivity index (χ0n) is 10.8. The van der Waals surface area contributed by atoms with Crippen molar-refractivity contribution in [2.24, 2.45) is 5.10 Å².